The van der Waals surface area contributed by atoms with Crippen LogP contribution >= 0.6 is 0 Å². The number of likely N-dealkylation sites (tertiary alicyclic amines) is 1. The lowest BCUT2D eigenvalue weighted by Crippen LogP contribution is -2.57. The molecule has 2 heterocycles. The molecule has 4 rings (SSSR count). The van der Waals surface area contributed by atoms with Crippen LogP contribution in [0.1, 0.15) is 25.7 Å². The fourth-order valence-electron chi connectivity index (χ4n) is 3.62. The zero-order valence-electron chi connectivity index (χ0n) is 15.5. The minimum atomic E-state index is -0.765. The molecule has 2 aromatic rings. The largest absolute Gasteiger partial charge is 0.371 e. The van der Waals surface area contributed by atoms with Crippen LogP contribution in [0.25, 0.3) is 0 Å². The molecule has 1 aliphatic heterocycles. The maximum absolute atomic E-state index is 13.2. The van der Waals surface area contributed by atoms with Crippen LogP contribution in [-0.4, -0.2) is 45.1 Å². The first-order valence-corrected chi connectivity index (χ1v) is 9.49. The summed E-state index contributed by atoms with van der Waals surface area (Å²) in [7, 11) is 1.82. The number of aryl methyl sites for hydroxylation is 1. The van der Waals surface area contributed by atoms with E-state index < -0.39 is 5.54 Å². The van der Waals surface area contributed by atoms with Crippen LogP contribution in [-0.2, 0) is 16.6 Å². The van der Waals surface area contributed by atoms with Crippen molar-refractivity contribution in [3.05, 3.63) is 42.6 Å². The molecule has 1 aromatic carbocycles. The zero-order valence-corrected chi connectivity index (χ0v) is 15.5. The van der Waals surface area contributed by atoms with Crippen molar-refractivity contribution >= 4 is 23.3 Å². The maximum atomic E-state index is 13.2. The van der Waals surface area contributed by atoms with Crippen molar-refractivity contribution < 1.29 is 9.59 Å². The van der Waals surface area contributed by atoms with Crippen LogP contribution in [0.4, 0.5) is 11.5 Å². The number of nitrogens with one attached hydrogen (secondary N) is 2. The van der Waals surface area contributed by atoms with Crippen molar-refractivity contribution in [2.24, 2.45) is 13.0 Å². The highest BCUT2D eigenvalue weighted by atomic mass is 16.2. The number of amides is 2. The zero-order chi connectivity index (χ0) is 18.9. The monoisotopic (exact) mass is 367 g/mol. The Hall–Kier alpha value is -2.83. The number of carbonyl (C=O) groups excluding carboxylic acids is 2. The van der Waals surface area contributed by atoms with Gasteiger partial charge in [0.15, 0.2) is 5.82 Å². The van der Waals surface area contributed by atoms with E-state index in [1.54, 1.807) is 16.9 Å². The van der Waals surface area contributed by atoms with E-state index in [0.717, 1.165) is 18.5 Å². The number of anilines is 2. The second-order valence-corrected chi connectivity index (χ2v) is 7.50. The first-order valence-electron chi connectivity index (χ1n) is 9.49. The van der Waals surface area contributed by atoms with Gasteiger partial charge in [0.25, 0.3) is 5.91 Å². The van der Waals surface area contributed by atoms with E-state index in [9.17, 15) is 9.59 Å². The van der Waals surface area contributed by atoms with Gasteiger partial charge in [-0.1, -0.05) is 18.2 Å². The molecule has 7 heteroatoms. The standard InChI is InChI=1S/C20H25N5O2/c1-24-12-9-17(23-24)21-19(27)20(22-16-5-3-2-4-6-16)10-13-25(14-11-20)18(26)15-7-8-15/h2-6,9,12,15,22H,7-8,10-11,13-14H2,1H3,(H,21,23,27). The molecule has 0 unspecified atom stereocenters. The molecule has 1 aromatic heterocycles. The summed E-state index contributed by atoms with van der Waals surface area (Å²) in [5.74, 6) is 0.882. The first-order chi connectivity index (χ1) is 13.1. The highest BCUT2D eigenvalue weighted by Crippen LogP contribution is 2.34. The number of hydrogen-bond donors (Lipinski definition) is 2. The molecule has 0 atom stereocenters. The van der Waals surface area contributed by atoms with Crippen molar-refractivity contribution in [3.8, 4) is 0 Å². The minimum Gasteiger partial charge on any atom is -0.371 e. The lowest BCUT2D eigenvalue weighted by molar-refractivity contribution is -0.135. The molecule has 27 heavy (non-hydrogen) atoms. The summed E-state index contributed by atoms with van der Waals surface area (Å²) in [6.45, 7) is 1.18. The van der Waals surface area contributed by atoms with Crippen LogP contribution in [0.2, 0.25) is 0 Å². The normalized spacial score (nSPS) is 18.8. The second kappa shape index (κ2) is 7.06. The summed E-state index contributed by atoms with van der Waals surface area (Å²) in [4.78, 5) is 27.5. The van der Waals surface area contributed by atoms with Crippen molar-refractivity contribution in [2.75, 3.05) is 23.7 Å². The maximum Gasteiger partial charge on any atom is 0.251 e. The van der Waals surface area contributed by atoms with Crippen molar-refractivity contribution in [2.45, 2.75) is 31.2 Å². The number of piperidine rings is 1. The Morgan fingerprint density at radius 2 is 1.81 bits per heavy atom. The third-order valence-electron chi connectivity index (χ3n) is 5.40. The molecule has 1 aliphatic carbocycles. The molecule has 2 aliphatic rings. The average Bonchev–Trinajstić information content (AvgIpc) is 3.45. The van der Waals surface area contributed by atoms with E-state index in [1.807, 2.05) is 42.3 Å². The fraction of sp³-hybridized carbons (Fsp3) is 0.450. The van der Waals surface area contributed by atoms with E-state index in [-0.39, 0.29) is 17.7 Å². The molecule has 0 spiro atoms. The van der Waals surface area contributed by atoms with E-state index in [1.165, 1.54) is 0 Å². The number of benzene rings is 1. The van der Waals surface area contributed by atoms with Crippen molar-refractivity contribution in [3.63, 3.8) is 0 Å². The van der Waals surface area contributed by atoms with Crippen LogP contribution in [0, 0.1) is 5.92 Å². The molecule has 142 valence electrons. The summed E-state index contributed by atoms with van der Waals surface area (Å²) in [5.41, 5.74) is 0.134. The van der Waals surface area contributed by atoms with Gasteiger partial charge in [-0.25, -0.2) is 0 Å². The topological polar surface area (TPSA) is 79.3 Å². The van der Waals surface area contributed by atoms with Gasteiger partial charge in [-0.2, -0.15) is 5.10 Å². The van der Waals surface area contributed by atoms with Gasteiger partial charge in [0.1, 0.15) is 5.54 Å². The van der Waals surface area contributed by atoms with Gasteiger partial charge in [-0.05, 0) is 37.8 Å². The molecule has 0 radical (unpaired) electrons. The molecular formula is C20H25N5O2. The van der Waals surface area contributed by atoms with Gasteiger partial charge < -0.3 is 15.5 Å². The second-order valence-electron chi connectivity index (χ2n) is 7.50. The van der Waals surface area contributed by atoms with Crippen LogP contribution < -0.4 is 10.6 Å². The van der Waals surface area contributed by atoms with Gasteiger partial charge in [-0.15, -0.1) is 0 Å². The van der Waals surface area contributed by atoms with Crippen LogP contribution in [0.5, 0.6) is 0 Å². The Bertz CT molecular complexity index is 820. The summed E-state index contributed by atoms with van der Waals surface area (Å²) in [6, 6.07) is 11.5. The molecular weight excluding hydrogens is 342 g/mol. The number of nitrogens with zero attached hydrogens (tertiary/aromatic N) is 3. The number of hydrogen-bond acceptors (Lipinski definition) is 4. The predicted molar refractivity (Wildman–Crippen MR) is 103 cm³/mol. The summed E-state index contributed by atoms with van der Waals surface area (Å²) < 4.78 is 1.66. The minimum absolute atomic E-state index is 0.108. The Balaban J connectivity index is 1.52. The van der Waals surface area contributed by atoms with Gasteiger partial charge in [0, 0.05) is 44.0 Å². The number of para-hydroxylation sites is 1. The molecule has 2 N–H and O–H groups in total. The van der Waals surface area contributed by atoms with Gasteiger partial charge in [0.2, 0.25) is 5.91 Å². The molecule has 1 saturated heterocycles. The number of aromatic nitrogens is 2. The summed E-state index contributed by atoms with van der Waals surface area (Å²) >= 11 is 0. The van der Waals surface area contributed by atoms with Gasteiger partial charge in [-0.3, -0.25) is 14.3 Å². The third-order valence-corrected chi connectivity index (χ3v) is 5.40. The SMILES string of the molecule is Cn1ccc(NC(=O)C2(Nc3ccccc3)CCN(C(=O)C3CC3)CC2)n1. The average molecular weight is 367 g/mol. The molecule has 2 fully saturated rings. The van der Waals surface area contributed by atoms with E-state index in [2.05, 4.69) is 15.7 Å². The molecule has 2 amide bonds. The Labute approximate surface area is 158 Å². The lowest BCUT2D eigenvalue weighted by atomic mass is 9.85. The van der Waals surface area contributed by atoms with Crippen molar-refractivity contribution in [1.82, 2.24) is 14.7 Å². The molecule has 1 saturated carbocycles. The van der Waals surface area contributed by atoms with Gasteiger partial charge in [0.05, 0.1) is 0 Å². The van der Waals surface area contributed by atoms with Crippen LogP contribution in [0.15, 0.2) is 42.6 Å². The smallest absolute Gasteiger partial charge is 0.251 e. The Kier molecular flexibility index (Phi) is 4.59. The summed E-state index contributed by atoms with van der Waals surface area (Å²) in [5, 5.41) is 10.6. The Morgan fingerprint density at radius 1 is 1.11 bits per heavy atom. The van der Waals surface area contributed by atoms with E-state index in [4.69, 9.17) is 0 Å². The highest BCUT2D eigenvalue weighted by molar-refractivity contribution is 5.99. The number of rotatable bonds is 5. The van der Waals surface area contributed by atoms with E-state index >= 15 is 0 Å². The summed E-state index contributed by atoms with van der Waals surface area (Å²) in [6.07, 6.45) is 4.94. The molecule has 7 nitrogen and oxygen atoms in total. The molecule has 0 bridgehead atoms. The van der Waals surface area contributed by atoms with Crippen molar-refractivity contribution in [1.29, 1.82) is 0 Å². The van der Waals surface area contributed by atoms with E-state index in [0.29, 0.717) is 31.7 Å². The third kappa shape index (κ3) is 3.82. The Morgan fingerprint density at radius 3 is 2.41 bits per heavy atom. The fourth-order valence-corrected chi connectivity index (χ4v) is 3.62. The predicted octanol–water partition coefficient (Wildman–Crippen LogP) is 2.24. The lowest BCUT2D eigenvalue weighted by Gasteiger charge is -2.41. The first kappa shape index (κ1) is 17.6. The quantitative estimate of drug-likeness (QED) is 0.849. The highest BCUT2D eigenvalue weighted by Gasteiger charge is 2.44. The van der Waals surface area contributed by atoms with Crippen LogP contribution in [0.3, 0.4) is 0 Å². The number of carbonyl (C=O) groups is 2. The van der Waals surface area contributed by atoms with Gasteiger partial charge >= 0.3 is 0 Å².